The van der Waals surface area contributed by atoms with E-state index >= 15 is 0 Å². The van der Waals surface area contributed by atoms with Crippen molar-refractivity contribution in [3.63, 3.8) is 0 Å². The average Bonchev–Trinajstić information content (AvgIpc) is 2.91. The minimum absolute atomic E-state index is 0.248. The number of benzene rings is 1. The van der Waals surface area contributed by atoms with Crippen LogP contribution in [0.2, 0.25) is 0 Å². The van der Waals surface area contributed by atoms with Crippen LogP contribution in [0.4, 0.5) is 0 Å². The summed E-state index contributed by atoms with van der Waals surface area (Å²) in [6, 6.07) is 12.3. The Hall–Kier alpha value is -1.36. The Balaban J connectivity index is 1.72. The molecule has 4 heteroatoms. The lowest BCUT2D eigenvalue weighted by atomic mass is 10.2. The molecular weight excluding hydrogens is 282 g/mol. The van der Waals surface area contributed by atoms with Crippen molar-refractivity contribution in [2.75, 3.05) is 13.2 Å². The van der Waals surface area contributed by atoms with Crippen LogP contribution in [0, 0.1) is 13.8 Å². The molecule has 114 valence electrons. The Morgan fingerprint density at radius 1 is 1.14 bits per heavy atom. The van der Waals surface area contributed by atoms with Gasteiger partial charge in [0.15, 0.2) is 0 Å². The van der Waals surface area contributed by atoms with Crippen LogP contribution in [-0.2, 0) is 0 Å². The molecule has 2 atom stereocenters. The highest BCUT2D eigenvalue weighted by Crippen LogP contribution is 2.22. The zero-order valence-electron chi connectivity index (χ0n) is 12.8. The summed E-state index contributed by atoms with van der Waals surface area (Å²) >= 11 is 1.78. The summed E-state index contributed by atoms with van der Waals surface area (Å²) in [5, 5.41) is 13.3. The number of hydrogen-bond acceptors (Lipinski definition) is 4. The smallest absolute Gasteiger partial charge is 0.119 e. The second-order valence-electron chi connectivity index (χ2n) is 5.36. The maximum atomic E-state index is 9.98. The third kappa shape index (κ3) is 5.16. The van der Waals surface area contributed by atoms with E-state index in [0.29, 0.717) is 13.2 Å². The maximum Gasteiger partial charge on any atom is 0.119 e. The van der Waals surface area contributed by atoms with Gasteiger partial charge in [0.2, 0.25) is 0 Å². The summed E-state index contributed by atoms with van der Waals surface area (Å²) < 4.78 is 5.58. The van der Waals surface area contributed by atoms with Gasteiger partial charge in [-0.05, 0) is 45.0 Å². The minimum atomic E-state index is -0.519. The molecule has 2 N–H and O–H groups in total. The molecule has 0 aliphatic heterocycles. The van der Waals surface area contributed by atoms with Gasteiger partial charge in [0.1, 0.15) is 18.5 Å². The number of aliphatic hydroxyl groups is 1. The number of hydrogen-bond donors (Lipinski definition) is 2. The third-order valence-corrected chi connectivity index (χ3v) is 4.49. The van der Waals surface area contributed by atoms with Crippen LogP contribution >= 0.6 is 11.3 Å². The van der Waals surface area contributed by atoms with Crippen LogP contribution in [0.15, 0.2) is 36.4 Å². The van der Waals surface area contributed by atoms with E-state index in [1.54, 1.807) is 11.3 Å². The Morgan fingerprint density at radius 3 is 2.48 bits per heavy atom. The van der Waals surface area contributed by atoms with Gasteiger partial charge in [-0.25, -0.2) is 0 Å². The quantitative estimate of drug-likeness (QED) is 0.823. The van der Waals surface area contributed by atoms with Gasteiger partial charge in [0, 0.05) is 22.3 Å². The van der Waals surface area contributed by atoms with E-state index in [4.69, 9.17) is 4.74 Å². The first-order chi connectivity index (χ1) is 10.0. The monoisotopic (exact) mass is 305 g/mol. The van der Waals surface area contributed by atoms with E-state index in [0.717, 1.165) is 5.75 Å². The molecule has 0 spiro atoms. The van der Waals surface area contributed by atoms with Crippen molar-refractivity contribution in [1.29, 1.82) is 0 Å². The van der Waals surface area contributed by atoms with Crippen LogP contribution in [0.3, 0.4) is 0 Å². The van der Waals surface area contributed by atoms with E-state index < -0.39 is 6.10 Å². The molecule has 21 heavy (non-hydrogen) atoms. The van der Waals surface area contributed by atoms with Gasteiger partial charge in [-0.1, -0.05) is 17.7 Å². The van der Waals surface area contributed by atoms with E-state index in [2.05, 4.69) is 31.3 Å². The van der Waals surface area contributed by atoms with Crippen LogP contribution in [0.5, 0.6) is 5.75 Å². The first kappa shape index (κ1) is 16.0. The second-order valence-corrected chi connectivity index (χ2v) is 6.68. The highest BCUT2D eigenvalue weighted by atomic mass is 32.1. The van der Waals surface area contributed by atoms with Gasteiger partial charge < -0.3 is 15.2 Å². The van der Waals surface area contributed by atoms with Gasteiger partial charge >= 0.3 is 0 Å². The van der Waals surface area contributed by atoms with Crippen molar-refractivity contribution in [1.82, 2.24) is 5.32 Å². The van der Waals surface area contributed by atoms with Crippen LogP contribution in [0.25, 0.3) is 0 Å². The first-order valence-electron chi connectivity index (χ1n) is 7.22. The predicted octanol–water partition coefficient (Wildman–Crippen LogP) is 3.46. The second kappa shape index (κ2) is 7.59. The SMILES string of the molecule is Cc1ccc(OCC(O)CNC(C)c2ccc(C)s2)cc1. The predicted molar refractivity (Wildman–Crippen MR) is 88.2 cm³/mol. The summed E-state index contributed by atoms with van der Waals surface area (Å²) in [6.45, 7) is 7.07. The van der Waals surface area contributed by atoms with Crippen molar-refractivity contribution in [2.45, 2.75) is 32.9 Å². The molecule has 1 aromatic carbocycles. The van der Waals surface area contributed by atoms with Crippen molar-refractivity contribution in [3.8, 4) is 5.75 Å². The fraction of sp³-hybridized carbons (Fsp3) is 0.412. The Labute approximate surface area is 130 Å². The number of ether oxygens (including phenoxy) is 1. The minimum Gasteiger partial charge on any atom is -0.491 e. The molecule has 2 unspecified atom stereocenters. The molecule has 1 aromatic heterocycles. The maximum absolute atomic E-state index is 9.98. The summed E-state index contributed by atoms with van der Waals surface area (Å²) in [6.07, 6.45) is -0.519. The van der Waals surface area contributed by atoms with E-state index in [9.17, 15) is 5.11 Å². The lowest BCUT2D eigenvalue weighted by molar-refractivity contribution is 0.104. The molecule has 0 saturated carbocycles. The lowest BCUT2D eigenvalue weighted by Gasteiger charge is -2.17. The third-order valence-electron chi connectivity index (χ3n) is 3.31. The summed E-state index contributed by atoms with van der Waals surface area (Å²) in [5.74, 6) is 0.793. The molecule has 0 fully saturated rings. The van der Waals surface area contributed by atoms with Crippen LogP contribution in [0.1, 0.15) is 28.3 Å². The van der Waals surface area contributed by atoms with Crippen molar-refractivity contribution >= 4 is 11.3 Å². The summed E-state index contributed by atoms with van der Waals surface area (Å²) in [7, 11) is 0. The van der Waals surface area contributed by atoms with Gasteiger partial charge in [-0.3, -0.25) is 0 Å². The van der Waals surface area contributed by atoms with Gasteiger partial charge in [0.05, 0.1) is 0 Å². The molecule has 1 heterocycles. The van der Waals surface area contributed by atoms with Gasteiger partial charge in [-0.15, -0.1) is 11.3 Å². The zero-order valence-corrected chi connectivity index (χ0v) is 13.6. The van der Waals surface area contributed by atoms with E-state index in [1.807, 2.05) is 31.2 Å². The summed E-state index contributed by atoms with van der Waals surface area (Å²) in [5.41, 5.74) is 1.20. The Morgan fingerprint density at radius 2 is 1.86 bits per heavy atom. The Kier molecular flexibility index (Phi) is 5.79. The highest BCUT2D eigenvalue weighted by Gasteiger charge is 2.10. The molecule has 2 rings (SSSR count). The van der Waals surface area contributed by atoms with Crippen molar-refractivity contribution < 1.29 is 9.84 Å². The fourth-order valence-electron chi connectivity index (χ4n) is 1.99. The zero-order chi connectivity index (χ0) is 15.2. The van der Waals surface area contributed by atoms with E-state index in [1.165, 1.54) is 15.3 Å². The van der Waals surface area contributed by atoms with Crippen molar-refractivity contribution in [3.05, 3.63) is 51.7 Å². The molecule has 0 aliphatic carbocycles. The lowest BCUT2D eigenvalue weighted by Crippen LogP contribution is -2.32. The number of rotatable bonds is 7. The normalized spacial score (nSPS) is 13.9. The fourth-order valence-corrected chi connectivity index (χ4v) is 2.89. The number of aryl methyl sites for hydroxylation is 2. The van der Waals surface area contributed by atoms with Crippen LogP contribution in [-0.4, -0.2) is 24.4 Å². The Bertz CT molecular complexity index is 550. The standard InChI is InChI=1S/C17H23NO2S/c1-12-4-7-16(8-5-12)20-11-15(19)10-18-14(3)17-9-6-13(2)21-17/h4-9,14-15,18-19H,10-11H2,1-3H3. The van der Waals surface area contributed by atoms with E-state index in [-0.39, 0.29) is 6.04 Å². The molecule has 0 aliphatic rings. The van der Waals surface area contributed by atoms with Crippen LogP contribution < -0.4 is 10.1 Å². The molecule has 0 saturated heterocycles. The molecule has 2 aromatic rings. The number of thiophene rings is 1. The topological polar surface area (TPSA) is 41.5 Å². The van der Waals surface area contributed by atoms with Gasteiger partial charge in [0.25, 0.3) is 0 Å². The van der Waals surface area contributed by atoms with Crippen molar-refractivity contribution in [2.24, 2.45) is 0 Å². The number of aliphatic hydroxyl groups excluding tert-OH is 1. The molecular formula is C17H23NO2S. The molecule has 0 bridgehead atoms. The first-order valence-corrected chi connectivity index (χ1v) is 8.03. The number of nitrogens with one attached hydrogen (secondary N) is 1. The molecule has 0 radical (unpaired) electrons. The average molecular weight is 305 g/mol. The molecule has 0 amide bonds. The molecule has 3 nitrogen and oxygen atoms in total. The van der Waals surface area contributed by atoms with Gasteiger partial charge in [-0.2, -0.15) is 0 Å². The largest absolute Gasteiger partial charge is 0.491 e. The highest BCUT2D eigenvalue weighted by molar-refractivity contribution is 7.12. The summed E-state index contributed by atoms with van der Waals surface area (Å²) in [4.78, 5) is 2.60.